The van der Waals surface area contributed by atoms with E-state index in [1.165, 1.54) is 12.1 Å². The number of nitrogen functional groups attached to an aromatic ring is 1. The molecule has 0 aliphatic rings. The summed E-state index contributed by atoms with van der Waals surface area (Å²) in [5.74, 6) is 0.0742. The maximum atomic E-state index is 12.2. The molecular formula is C24H21N3O4. The van der Waals surface area contributed by atoms with Crippen LogP contribution in [0.25, 0.3) is 10.8 Å². The highest BCUT2D eigenvalue weighted by Crippen LogP contribution is 2.22. The molecule has 156 valence electrons. The molecule has 4 N–H and O–H groups in total. The smallest absolute Gasteiger partial charge is 0.271 e. The Morgan fingerprint density at radius 1 is 0.935 bits per heavy atom. The van der Waals surface area contributed by atoms with Crippen LogP contribution in [0.15, 0.2) is 84.9 Å². The number of para-hydroxylation sites is 1. The second-order valence-corrected chi connectivity index (χ2v) is 6.86. The number of hydrogen-bond donors (Lipinski definition) is 3. The van der Waals surface area contributed by atoms with E-state index in [0.717, 1.165) is 22.0 Å². The van der Waals surface area contributed by atoms with Gasteiger partial charge in [-0.15, -0.1) is 0 Å². The summed E-state index contributed by atoms with van der Waals surface area (Å²) in [7, 11) is 0. The van der Waals surface area contributed by atoms with E-state index in [0.29, 0.717) is 11.3 Å². The Hall–Kier alpha value is -4.39. The highest BCUT2D eigenvalue weighted by molar-refractivity contribution is 6.06. The number of rotatable bonds is 3. The molecule has 31 heavy (non-hydrogen) atoms. The van der Waals surface area contributed by atoms with Gasteiger partial charge in [-0.05, 0) is 59.7 Å². The third kappa shape index (κ3) is 5.57. The Kier molecular flexibility index (Phi) is 6.47. The molecule has 0 heterocycles. The number of anilines is 2. The first-order valence-corrected chi connectivity index (χ1v) is 9.43. The molecule has 7 nitrogen and oxygen atoms in total. The molecule has 0 spiro atoms. The number of benzene rings is 4. The van der Waals surface area contributed by atoms with Crippen molar-refractivity contribution in [1.82, 2.24) is 0 Å². The largest absolute Gasteiger partial charge is 0.508 e. The maximum absolute atomic E-state index is 12.2. The van der Waals surface area contributed by atoms with Gasteiger partial charge in [0, 0.05) is 29.1 Å². The molecule has 0 unspecified atom stereocenters. The van der Waals surface area contributed by atoms with Crippen LogP contribution in [0.1, 0.15) is 15.9 Å². The molecule has 0 saturated carbocycles. The number of nitro benzene ring substituents is 1. The Labute approximate surface area is 178 Å². The standard InChI is InChI=1S/C17H13NO2.C7H8N2O2/c19-16-9-8-12-10-14(7-6-13(12)11-16)17(20)18-15-4-2-1-3-5-15;1-5-2-3-6(9(10)11)4-7(5)8/h1-11,19H,(H,18,20);2-4H,8H2,1H3. The van der Waals surface area contributed by atoms with Crippen molar-refractivity contribution in [2.75, 3.05) is 11.1 Å². The summed E-state index contributed by atoms with van der Waals surface area (Å²) in [4.78, 5) is 21.9. The molecule has 0 aliphatic heterocycles. The fraction of sp³-hybridized carbons (Fsp3) is 0.0417. The Morgan fingerprint density at radius 2 is 1.61 bits per heavy atom. The van der Waals surface area contributed by atoms with Crippen molar-refractivity contribution in [3.63, 3.8) is 0 Å². The number of nitrogens with zero attached hydrogens (tertiary/aromatic N) is 1. The minimum Gasteiger partial charge on any atom is -0.508 e. The second-order valence-electron chi connectivity index (χ2n) is 6.86. The summed E-state index contributed by atoms with van der Waals surface area (Å²) in [6.45, 7) is 1.80. The van der Waals surface area contributed by atoms with Gasteiger partial charge in [-0.1, -0.05) is 36.4 Å². The summed E-state index contributed by atoms with van der Waals surface area (Å²) >= 11 is 0. The quantitative estimate of drug-likeness (QED) is 0.239. The van der Waals surface area contributed by atoms with Gasteiger partial charge in [-0.25, -0.2) is 0 Å². The number of nitro groups is 1. The zero-order chi connectivity index (χ0) is 22.4. The summed E-state index contributed by atoms with van der Waals surface area (Å²) < 4.78 is 0. The number of carbonyl (C=O) groups is 1. The number of aromatic hydroxyl groups is 1. The molecule has 4 aromatic carbocycles. The number of aryl methyl sites for hydroxylation is 1. The van der Waals surface area contributed by atoms with Crippen LogP contribution in [0.3, 0.4) is 0 Å². The highest BCUT2D eigenvalue weighted by atomic mass is 16.6. The summed E-state index contributed by atoms with van der Waals surface area (Å²) in [5.41, 5.74) is 8.16. The third-order valence-electron chi connectivity index (χ3n) is 4.59. The zero-order valence-electron chi connectivity index (χ0n) is 16.8. The first-order chi connectivity index (χ1) is 14.8. The van der Waals surface area contributed by atoms with E-state index in [1.807, 2.05) is 42.5 Å². The number of phenols is 1. The van der Waals surface area contributed by atoms with Crippen LogP contribution in [0.4, 0.5) is 17.1 Å². The molecule has 0 radical (unpaired) electrons. The van der Waals surface area contributed by atoms with Crippen molar-refractivity contribution in [2.45, 2.75) is 6.92 Å². The van der Waals surface area contributed by atoms with Crippen LogP contribution in [0.5, 0.6) is 5.75 Å². The lowest BCUT2D eigenvalue weighted by atomic mass is 10.1. The molecule has 4 rings (SSSR count). The van der Waals surface area contributed by atoms with Gasteiger partial charge in [-0.2, -0.15) is 0 Å². The number of non-ortho nitro benzene ring substituents is 1. The van der Waals surface area contributed by atoms with E-state index in [1.54, 1.807) is 37.3 Å². The average molecular weight is 415 g/mol. The average Bonchev–Trinajstić information content (AvgIpc) is 2.76. The van der Waals surface area contributed by atoms with Crippen LogP contribution < -0.4 is 11.1 Å². The van der Waals surface area contributed by atoms with Crippen molar-refractivity contribution in [2.24, 2.45) is 0 Å². The van der Waals surface area contributed by atoms with Gasteiger partial charge in [0.15, 0.2) is 0 Å². The number of amides is 1. The number of nitrogens with one attached hydrogen (secondary N) is 1. The maximum Gasteiger partial charge on any atom is 0.271 e. The van der Waals surface area contributed by atoms with Gasteiger partial charge >= 0.3 is 0 Å². The van der Waals surface area contributed by atoms with E-state index in [-0.39, 0.29) is 17.3 Å². The highest BCUT2D eigenvalue weighted by Gasteiger charge is 2.07. The van der Waals surface area contributed by atoms with E-state index in [2.05, 4.69) is 5.32 Å². The first-order valence-electron chi connectivity index (χ1n) is 9.43. The van der Waals surface area contributed by atoms with Gasteiger partial charge in [0.05, 0.1) is 4.92 Å². The molecule has 0 fully saturated rings. The van der Waals surface area contributed by atoms with Gasteiger partial charge in [0.2, 0.25) is 0 Å². The number of fused-ring (bicyclic) bond motifs is 1. The summed E-state index contributed by atoms with van der Waals surface area (Å²) in [6.07, 6.45) is 0. The SMILES string of the molecule is Cc1ccc([N+](=O)[O-])cc1N.O=C(Nc1ccccc1)c1ccc2cc(O)ccc2c1. The molecule has 0 bridgehead atoms. The van der Waals surface area contributed by atoms with E-state index in [4.69, 9.17) is 5.73 Å². The summed E-state index contributed by atoms with van der Waals surface area (Å²) in [6, 6.07) is 24.2. The van der Waals surface area contributed by atoms with E-state index < -0.39 is 4.92 Å². The molecule has 0 aliphatic carbocycles. The molecule has 0 atom stereocenters. The third-order valence-corrected chi connectivity index (χ3v) is 4.59. The first kappa shape index (κ1) is 21.3. The van der Waals surface area contributed by atoms with Crippen molar-refractivity contribution >= 4 is 33.7 Å². The number of hydrogen-bond acceptors (Lipinski definition) is 5. The molecule has 7 heteroatoms. The lowest BCUT2D eigenvalue weighted by Crippen LogP contribution is -2.11. The monoisotopic (exact) mass is 415 g/mol. The van der Waals surface area contributed by atoms with Crippen molar-refractivity contribution in [1.29, 1.82) is 0 Å². The summed E-state index contributed by atoms with van der Waals surface area (Å²) in [5, 5.41) is 24.3. The van der Waals surface area contributed by atoms with Crippen LogP contribution in [-0.4, -0.2) is 15.9 Å². The van der Waals surface area contributed by atoms with E-state index in [9.17, 15) is 20.0 Å². The predicted octanol–water partition coefficient (Wildman–Crippen LogP) is 5.28. The molecular weight excluding hydrogens is 394 g/mol. The minimum absolute atomic E-state index is 0.0353. The fourth-order valence-corrected chi connectivity index (χ4v) is 2.84. The van der Waals surface area contributed by atoms with Gasteiger partial charge in [0.1, 0.15) is 5.75 Å². The number of nitrogens with two attached hydrogens (primary N) is 1. The topological polar surface area (TPSA) is 118 Å². The predicted molar refractivity (Wildman–Crippen MR) is 122 cm³/mol. The van der Waals surface area contributed by atoms with Crippen LogP contribution in [0.2, 0.25) is 0 Å². The number of carbonyl (C=O) groups excluding carboxylic acids is 1. The van der Waals surface area contributed by atoms with Gasteiger partial charge in [0.25, 0.3) is 11.6 Å². The van der Waals surface area contributed by atoms with Gasteiger partial charge < -0.3 is 16.2 Å². The minimum atomic E-state index is -0.462. The van der Waals surface area contributed by atoms with Crippen LogP contribution in [0, 0.1) is 17.0 Å². The normalized spacial score (nSPS) is 10.1. The lowest BCUT2D eigenvalue weighted by molar-refractivity contribution is -0.384. The molecule has 1 amide bonds. The molecule has 0 aromatic heterocycles. The van der Waals surface area contributed by atoms with Crippen molar-refractivity contribution in [3.8, 4) is 5.75 Å². The Balaban J connectivity index is 0.000000210. The Bertz CT molecular complexity index is 1240. The molecule has 0 saturated heterocycles. The van der Waals surface area contributed by atoms with Crippen LogP contribution in [-0.2, 0) is 0 Å². The lowest BCUT2D eigenvalue weighted by Gasteiger charge is -2.06. The van der Waals surface area contributed by atoms with Crippen molar-refractivity contribution in [3.05, 3.63) is 106 Å². The Morgan fingerprint density at radius 3 is 2.29 bits per heavy atom. The second kappa shape index (κ2) is 9.41. The van der Waals surface area contributed by atoms with E-state index >= 15 is 0 Å². The van der Waals surface area contributed by atoms with Crippen molar-refractivity contribution < 1.29 is 14.8 Å². The zero-order valence-corrected chi connectivity index (χ0v) is 16.8. The van der Waals surface area contributed by atoms with Gasteiger partial charge in [-0.3, -0.25) is 14.9 Å². The molecule has 4 aromatic rings. The van der Waals surface area contributed by atoms with Crippen LogP contribution >= 0.6 is 0 Å². The number of phenolic OH excluding ortho intramolecular Hbond substituents is 1. The fourth-order valence-electron chi connectivity index (χ4n) is 2.84.